The Hall–Kier alpha value is -0.730. The summed E-state index contributed by atoms with van der Waals surface area (Å²) >= 11 is 15.2. The minimum absolute atomic E-state index is 0.0177. The van der Waals surface area contributed by atoms with Gasteiger partial charge in [-0.2, -0.15) is 0 Å². The number of sulfonamides is 1. The molecular weight excluding hydrogens is 403 g/mol. The molecule has 0 fully saturated rings. The van der Waals surface area contributed by atoms with Gasteiger partial charge in [-0.25, -0.2) is 8.42 Å². The fourth-order valence-corrected chi connectivity index (χ4v) is 4.32. The third-order valence-electron chi connectivity index (χ3n) is 2.80. The van der Waals surface area contributed by atoms with E-state index in [1.807, 2.05) is 0 Å². The van der Waals surface area contributed by atoms with Crippen molar-refractivity contribution in [3.8, 4) is 0 Å². The van der Waals surface area contributed by atoms with Crippen LogP contribution in [0.4, 0.5) is 5.69 Å². The van der Waals surface area contributed by atoms with Gasteiger partial charge in [0.2, 0.25) is 0 Å². The summed E-state index contributed by atoms with van der Waals surface area (Å²) < 4.78 is 29.2. The smallest absolute Gasteiger partial charge is 0.263 e. The second kappa shape index (κ2) is 6.18. The highest BCUT2D eigenvalue weighted by molar-refractivity contribution is 9.10. The summed E-state index contributed by atoms with van der Waals surface area (Å²) in [5.41, 5.74) is 0.583. The zero-order valence-electron chi connectivity index (χ0n) is 10.8. The van der Waals surface area contributed by atoms with Crippen LogP contribution in [0.25, 0.3) is 0 Å². The third kappa shape index (κ3) is 3.54. The predicted octanol–water partition coefficient (Wildman–Crippen LogP) is 3.39. The Morgan fingerprint density at radius 2 is 1.86 bits per heavy atom. The molecule has 1 aromatic carbocycles. The average molecular weight is 414 g/mol. The van der Waals surface area contributed by atoms with Crippen LogP contribution in [0.15, 0.2) is 33.8 Å². The van der Waals surface area contributed by atoms with Crippen LogP contribution in [0.2, 0.25) is 10.0 Å². The van der Waals surface area contributed by atoms with Crippen molar-refractivity contribution in [3.63, 3.8) is 0 Å². The molecule has 0 amide bonds. The lowest BCUT2D eigenvalue weighted by Crippen LogP contribution is -2.13. The van der Waals surface area contributed by atoms with Crippen molar-refractivity contribution in [2.75, 3.05) is 4.72 Å². The van der Waals surface area contributed by atoms with E-state index in [1.54, 1.807) is 7.05 Å². The van der Waals surface area contributed by atoms with E-state index in [0.29, 0.717) is 10.2 Å². The highest BCUT2D eigenvalue weighted by Crippen LogP contribution is 2.35. The van der Waals surface area contributed by atoms with E-state index in [-0.39, 0.29) is 27.2 Å². The second-order valence-electron chi connectivity index (χ2n) is 4.29. The number of halogens is 3. The van der Waals surface area contributed by atoms with E-state index in [0.717, 1.165) is 0 Å². The molecule has 0 radical (unpaired) electrons. The van der Waals surface area contributed by atoms with Crippen LogP contribution in [0.1, 0.15) is 5.69 Å². The zero-order valence-corrected chi connectivity index (χ0v) is 14.7. The fourth-order valence-electron chi connectivity index (χ4n) is 1.71. The van der Waals surface area contributed by atoms with Gasteiger partial charge in [0, 0.05) is 23.4 Å². The van der Waals surface area contributed by atoms with Crippen LogP contribution < -0.4 is 4.72 Å². The Labute approximate surface area is 140 Å². The predicted molar refractivity (Wildman–Crippen MR) is 86.3 cm³/mol. The topological polar surface area (TPSA) is 71.3 Å². The van der Waals surface area contributed by atoms with Gasteiger partial charge in [0.1, 0.15) is 4.90 Å². The Bertz CT molecular complexity index is 767. The molecule has 0 saturated carbocycles. The number of benzene rings is 1. The fraction of sp³-hybridized carbons (Fsp3) is 0.167. The van der Waals surface area contributed by atoms with Gasteiger partial charge in [0.05, 0.1) is 22.3 Å². The number of aliphatic hydroxyl groups excluding tert-OH is 1. The van der Waals surface area contributed by atoms with Gasteiger partial charge < -0.3 is 9.67 Å². The number of nitrogens with one attached hydrogen (secondary N) is 1. The molecule has 0 saturated heterocycles. The molecule has 1 heterocycles. The molecule has 5 nitrogen and oxygen atoms in total. The normalized spacial score (nSPS) is 11.7. The van der Waals surface area contributed by atoms with Gasteiger partial charge in [-0.3, -0.25) is 4.72 Å². The summed E-state index contributed by atoms with van der Waals surface area (Å²) in [6, 6.07) is 4.45. The van der Waals surface area contributed by atoms with Crippen molar-refractivity contribution in [2.45, 2.75) is 11.5 Å². The van der Waals surface area contributed by atoms with Crippen LogP contribution in [0.5, 0.6) is 0 Å². The number of aryl methyl sites for hydroxylation is 1. The number of aliphatic hydroxyl groups is 1. The highest BCUT2D eigenvalue weighted by atomic mass is 79.9. The standard InChI is InChI=1S/C12H11BrCl2N2O3S/c1-17-5-9(4-8(17)6-18)21(19,20)16-12-10(14)2-7(13)3-11(12)15/h2-5,16,18H,6H2,1H3. The van der Waals surface area contributed by atoms with Crippen molar-refractivity contribution in [1.82, 2.24) is 4.57 Å². The zero-order chi connectivity index (χ0) is 15.8. The van der Waals surface area contributed by atoms with Crippen molar-refractivity contribution >= 4 is 54.8 Å². The molecule has 0 aliphatic heterocycles. The quantitative estimate of drug-likeness (QED) is 0.806. The maximum absolute atomic E-state index is 12.3. The van der Waals surface area contributed by atoms with Crippen LogP contribution in [-0.2, 0) is 23.7 Å². The van der Waals surface area contributed by atoms with E-state index in [9.17, 15) is 8.42 Å². The molecule has 0 spiro atoms. The number of hydrogen-bond donors (Lipinski definition) is 2. The lowest BCUT2D eigenvalue weighted by atomic mass is 10.3. The molecular formula is C12H11BrCl2N2O3S. The molecule has 0 aliphatic rings. The summed E-state index contributed by atoms with van der Waals surface area (Å²) in [7, 11) is -2.21. The van der Waals surface area contributed by atoms with Crippen molar-refractivity contribution in [1.29, 1.82) is 0 Å². The Morgan fingerprint density at radius 1 is 1.29 bits per heavy atom. The van der Waals surface area contributed by atoms with Gasteiger partial charge in [-0.1, -0.05) is 39.1 Å². The van der Waals surface area contributed by atoms with Gasteiger partial charge in [0.25, 0.3) is 10.0 Å². The lowest BCUT2D eigenvalue weighted by molar-refractivity contribution is 0.272. The molecule has 0 bridgehead atoms. The number of rotatable bonds is 4. The van der Waals surface area contributed by atoms with Gasteiger partial charge >= 0.3 is 0 Å². The first-order valence-electron chi connectivity index (χ1n) is 5.68. The van der Waals surface area contributed by atoms with Crippen molar-refractivity contribution in [3.05, 3.63) is 44.6 Å². The minimum atomic E-state index is -3.85. The first-order valence-corrected chi connectivity index (χ1v) is 8.71. The Kier molecular flexibility index (Phi) is 4.89. The Morgan fingerprint density at radius 3 is 2.33 bits per heavy atom. The average Bonchev–Trinajstić information content (AvgIpc) is 2.76. The molecule has 0 atom stereocenters. The molecule has 9 heteroatoms. The summed E-state index contributed by atoms with van der Waals surface area (Å²) in [5, 5.41) is 9.48. The number of anilines is 1. The molecule has 2 aromatic rings. The summed E-state index contributed by atoms with van der Waals surface area (Å²) in [6.45, 7) is -0.258. The molecule has 0 unspecified atom stereocenters. The third-order valence-corrected chi connectivity index (χ3v) is 5.17. The van der Waals surface area contributed by atoms with E-state index < -0.39 is 10.0 Å². The summed E-state index contributed by atoms with van der Waals surface area (Å²) in [6.07, 6.45) is 1.40. The molecule has 1 aromatic heterocycles. The van der Waals surface area contributed by atoms with Crippen LogP contribution in [0.3, 0.4) is 0 Å². The molecule has 114 valence electrons. The Balaban J connectivity index is 2.42. The van der Waals surface area contributed by atoms with E-state index in [1.165, 1.54) is 29.0 Å². The number of nitrogens with zero attached hydrogens (tertiary/aromatic N) is 1. The first kappa shape index (κ1) is 16.6. The molecule has 0 aliphatic carbocycles. The monoisotopic (exact) mass is 412 g/mol. The SMILES string of the molecule is Cn1cc(S(=O)(=O)Nc2c(Cl)cc(Br)cc2Cl)cc1CO. The largest absolute Gasteiger partial charge is 0.390 e. The molecule has 2 N–H and O–H groups in total. The molecule has 21 heavy (non-hydrogen) atoms. The maximum atomic E-state index is 12.3. The maximum Gasteiger partial charge on any atom is 0.263 e. The minimum Gasteiger partial charge on any atom is -0.390 e. The van der Waals surface area contributed by atoms with Crippen LogP contribution in [0, 0.1) is 0 Å². The molecule has 2 rings (SSSR count). The number of aromatic nitrogens is 1. The summed E-state index contributed by atoms with van der Waals surface area (Å²) in [4.78, 5) is 0.0177. The summed E-state index contributed by atoms with van der Waals surface area (Å²) in [5.74, 6) is 0. The van der Waals surface area contributed by atoms with E-state index >= 15 is 0 Å². The van der Waals surface area contributed by atoms with Crippen molar-refractivity contribution in [2.24, 2.45) is 7.05 Å². The van der Waals surface area contributed by atoms with E-state index in [4.69, 9.17) is 28.3 Å². The van der Waals surface area contributed by atoms with Gasteiger partial charge in [0.15, 0.2) is 0 Å². The lowest BCUT2D eigenvalue weighted by Gasteiger charge is -2.10. The highest BCUT2D eigenvalue weighted by Gasteiger charge is 2.20. The second-order valence-corrected chi connectivity index (χ2v) is 7.70. The van der Waals surface area contributed by atoms with Crippen molar-refractivity contribution < 1.29 is 13.5 Å². The van der Waals surface area contributed by atoms with Gasteiger partial charge in [-0.15, -0.1) is 0 Å². The van der Waals surface area contributed by atoms with Crippen LogP contribution in [-0.4, -0.2) is 18.1 Å². The van der Waals surface area contributed by atoms with Crippen LogP contribution >= 0.6 is 39.1 Å². The number of hydrogen-bond acceptors (Lipinski definition) is 3. The van der Waals surface area contributed by atoms with Gasteiger partial charge in [-0.05, 0) is 18.2 Å². The first-order chi connectivity index (χ1) is 9.74. The van der Waals surface area contributed by atoms with E-state index in [2.05, 4.69) is 20.7 Å².